The molecule has 0 saturated carbocycles. The van der Waals surface area contributed by atoms with Gasteiger partial charge in [-0.25, -0.2) is 4.79 Å². The van der Waals surface area contributed by atoms with Crippen molar-refractivity contribution in [2.24, 2.45) is 0 Å². The zero-order chi connectivity index (χ0) is 14.0. The second-order valence-corrected chi connectivity index (χ2v) is 10.7. The highest BCUT2D eigenvalue weighted by atomic mass is 28.3. The minimum absolute atomic E-state index is 0.218. The lowest BCUT2D eigenvalue weighted by Gasteiger charge is -2.17. The average Bonchev–Trinajstić information content (AvgIpc) is 2.38. The molecule has 4 heteroatoms. The Balaban J connectivity index is 2.48. The monoisotopic (exact) mass is 271 g/mol. The van der Waals surface area contributed by atoms with Gasteiger partial charge in [0.1, 0.15) is 0 Å². The van der Waals surface area contributed by atoms with Crippen LogP contribution in [-0.2, 0) is 0 Å². The molecule has 19 heavy (non-hydrogen) atoms. The van der Waals surface area contributed by atoms with E-state index in [-0.39, 0.29) is 5.56 Å². The molecule has 0 radical (unpaired) electrons. The molecule has 2 aromatic rings. The molecule has 0 bridgehead atoms. The molecule has 0 atom stereocenters. The maximum atomic E-state index is 11.0. The molecule has 1 heterocycles. The Morgan fingerprint density at radius 2 is 1.84 bits per heavy atom. The zero-order valence-electron chi connectivity index (χ0n) is 11.3. The van der Waals surface area contributed by atoms with Crippen LogP contribution in [0.5, 0.6) is 0 Å². The fourth-order valence-corrected chi connectivity index (χ4v) is 3.06. The van der Waals surface area contributed by atoms with E-state index in [1.54, 1.807) is 12.3 Å². The topological polar surface area (TPSA) is 50.2 Å². The molecule has 1 aromatic heterocycles. The van der Waals surface area contributed by atoms with Crippen molar-refractivity contribution in [2.75, 3.05) is 0 Å². The van der Waals surface area contributed by atoms with Crippen LogP contribution in [0.25, 0.3) is 11.1 Å². The summed E-state index contributed by atoms with van der Waals surface area (Å²) in [6, 6.07) is 9.97. The number of rotatable bonds is 3. The van der Waals surface area contributed by atoms with E-state index in [0.29, 0.717) is 0 Å². The largest absolute Gasteiger partial charge is 0.478 e. The van der Waals surface area contributed by atoms with Gasteiger partial charge in [0.25, 0.3) is 0 Å². The van der Waals surface area contributed by atoms with Gasteiger partial charge in [0.15, 0.2) is 0 Å². The summed E-state index contributed by atoms with van der Waals surface area (Å²) >= 11 is 0. The van der Waals surface area contributed by atoms with Crippen LogP contribution < -0.4 is 5.19 Å². The predicted molar refractivity (Wildman–Crippen MR) is 79.6 cm³/mol. The number of hydrogen-bond donors (Lipinski definition) is 1. The Morgan fingerprint density at radius 1 is 1.11 bits per heavy atom. The maximum absolute atomic E-state index is 11.0. The number of carboxylic acids is 1. The average molecular weight is 271 g/mol. The third-order valence-electron chi connectivity index (χ3n) is 3.05. The molecule has 2 rings (SSSR count). The first kappa shape index (κ1) is 13.5. The van der Waals surface area contributed by atoms with Gasteiger partial charge in [0.05, 0.1) is 13.6 Å². The third kappa shape index (κ3) is 3.09. The molecule has 0 fully saturated rings. The summed E-state index contributed by atoms with van der Waals surface area (Å²) < 4.78 is 0. The van der Waals surface area contributed by atoms with Crippen LogP contribution in [0.3, 0.4) is 0 Å². The summed E-state index contributed by atoms with van der Waals surface area (Å²) in [6.45, 7) is 6.87. The number of carbonyl (C=O) groups is 1. The van der Waals surface area contributed by atoms with E-state index in [9.17, 15) is 4.79 Å². The molecule has 3 nitrogen and oxygen atoms in total. The molecule has 0 spiro atoms. The van der Waals surface area contributed by atoms with E-state index in [1.165, 1.54) is 11.4 Å². The minimum atomic E-state index is -1.37. The van der Waals surface area contributed by atoms with Crippen LogP contribution in [0.2, 0.25) is 19.6 Å². The highest BCUT2D eigenvalue weighted by Gasteiger charge is 2.16. The molecule has 0 aliphatic rings. The number of nitrogens with zero attached hydrogens (tertiary/aromatic N) is 1. The molecule has 98 valence electrons. The highest BCUT2D eigenvalue weighted by molar-refractivity contribution is 6.88. The van der Waals surface area contributed by atoms with E-state index in [0.717, 1.165) is 11.1 Å². The molecule has 1 N–H and O–H groups in total. The van der Waals surface area contributed by atoms with Crippen LogP contribution in [0.15, 0.2) is 42.7 Å². The summed E-state index contributed by atoms with van der Waals surface area (Å²) in [7, 11) is -1.37. The van der Waals surface area contributed by atoms with E-state index in [1.807, 2.05) is 12.1 Å². The Kier molecular flexibility index (Phi) is 3.53. The second kappa shape index (κ2) is 4.97. The quantitative estimate of drug-likeness (QED) is 0.873. The van der Waals surface area contributed by atoms with Crippen LogP contribution >= 0.6 is 0 Å². The van der Waals surface area contributed by atoms with Crippen LogP contribution in [0.4, 0.5) is 0 Å². The summed E-state index contributed by atoms with van der Waals surface area (Å²) in [4.78, 5) is 15.0. The smallest absolute Gasteiger partial charge is 0.337 e. The van der Waals surface area contributed by atoms with Gasteiger partial charge in [0, 0.05) is 18.0 Å². The first-order valence-electron chi connectivity index (χ1n) is 6.17. The molecular weight excluding hydrogens is 254 g/mol. The fourth-order valence-electron chi connectivity index (χ4n) is 1.88. The van der Waals surface area contributed by atoms with Crippen molar-refractivity contribution in [3.8, 4) is 11.1 Å². The fraction of sp³-hybridized carbons (Fsp3) is 0.200. The lowest BCUT2D eigenvalue weighted by atomic mass is 10.1. The van der Waals surface area contributed by atoms with Gasteiger partial charge >= 0.3 is 5.97 Å². The number of hydrogen-bond acceptors (Lipinski definition) is 2. The van der Waals surface area contributed by atoms with Gasteiger partial charge in [-0.05, 0) is 11.6 Å². The van der Waals surface area contributed by atoms with Crippen molar-refractivity contribution in [1.82, 2.24) is 4.98 Å². The van der Waals surface area contributed by atoms with Crippen molar-refractivity contribution < 1.29 is 9.90 Å². The Morgan fingerprint density at radius 3 is 2.47 bits per heavy atom. The Hall–Kier alpha value is -1.94. The van der Waals surface area contributed by atoms with Crippen molar-refractivity contribution in [2.45, 2.75) is 19.6 Å². The van der Waals surface area contributed by atoms with Gasteiger partial charge in [-0.3, -0.25) is 4.98 Å². The number of aromatic carboxylic acids is 1. The minimum Gasteiger partial charge on any atom is -0.478 e. The van der Waals surface area contributed by atoms with Gasteiger partial charge in [-0.1, -0.05) is 49.1 Å². The van der Waals surface area contributed by atoms with Crippen molar-refractivity contribution in [3.05, 3.63) is 48.3 Å². The Labute approximate surface area is 114 Å². The summed E-state index contributed by atoms with van der Waals surface area (Å²) in [5.41, 5.74) is 2.09. The molecular formula is C15H17NO2Si. The maximum Gasteiger partial charge on any atom is 0.337 e. The zero-order valence-corrected chi connectivity index (χ0v) is 12.3. The van der Waals surface area contributed by atoms with Crippen LogP contribution in [0.1, 0.15) is 10.4 Å². The summed E-state index contributed by atoms with van der Waals surface area (Å²) in [5.74, 6) is -0.948. The second-order valence-electron chi connectivity index (χ2n) is 5.60. The molecule has 1 aromatic carbocycles. The van der Waals surface area contributed by atoms with Crippen molar-refractivity contribution in [3.63, 3.8) is 0 Å². The standard InChI is InChI=1S/C15H17NO2Si/c1-19(2,3)14-6-4-5-11(8-14)12-7-13(15(17)18)10-16-9-12/h4-10H,1-3H3,(H,17,18). The SMILES string of the molecule is C[Si](C)(C)c1cccc(-c2cncc(C(=O)O)c2)c1. The molecule has 0 unspecified atom stereocenters. The molecule has 0 amide bonds. The van der Waals surface area contributed by atoms with Gasteiger partial charge in [-0.15, -0.1) is 0 Å². The van der Waals surface area contributed by atoms with Gasteiger partial charge < -0.3 is 5.11 Å². The number of carboxylic acid groups (broad SMARTS) is 1. The first-order chi connectivity index (χ1) is 8.88. The lowest BCUT2D eigenvalue weighted by molar-refractivity contribution is 0.0696. The molecule has 0 saturated heterocycles. The Bertz CT molecular complexity index is 618. The predicted octanol–water partition coefficient (Wildman–Crippen LogP) is 2.99. The van der Waals surface area contributed by atoms with Gasteiger partial charge in [0.2, 0.25) is 0 Å². The molecule has 0 aliphatic heterocycles. The third-order valence-corrected chi connectivity index (χ3v) is 5.09. The first-order valence-corrected chi connectivity index (χ1v) is 9.67. The highest BCUT2D eigenvalue weighted by Crippen LogP contribution is 2.19. The summed E-state index contributed by atoms with van der Waals surface area (Å²) in [6.07, 6.45) is 3.07. The molecule has 0 aliphatic carbocycles. The lowest BCUT2D eigenvalue weighted by Crippen LogP contribution is -2.37. The van der Waals surface area contributed by atoms with Crippen LogP contribution in [-0.4, -0.2) is 24.1 Å². The summed E-state index contributed by atoms with van der Waals surface area (Å²) in [5, 5.41) is 10.4. The number of pyridine rings is 1. The van der Waals surface area contributed by atoms with Crippen molar-refractivity contribution in [1.29, 1.82) is 0 Å². The van der Waals surface area contributed by atoms with Gasteiger partial charge in [-0.2, -0.15) is 0 Å². The normalized spacial score (nSPS) is 11.3. The van der Waals surface area contributed by atoms with E-state index in [4.69, 9.17) is 5.11 Å². The van der Waals surface area contributed by atoms with E-state index < -0.39 is 14.0 Å². The number of benzene rings is 1. The van der Waals surface area contributed by atoms with E-state index in [2.05, 4.69) is 36.8 Å². The van der Waals surface area contributed by atoms with E-state index >= 15 is 0 Å². The number of aromatic nitrogens is 1. The van der Waals surface area contributed by atoms with Crippen molar-refractivity contribution >= 4 is 19.2 Å². The van der Waals surface area contributed by atoms with Crippen LogP contribution in [0, 0.1) is 0 Å².